The van der Waals surface area contributed by atoms with Gasteiger partial charge in [0.05, 0.1) is 5.69 Å². The molecule has 1 fully saturated rings. The lowest BCUT2D eigenvalue weighted by atomic mass is 10.1. The van der Waals surface area contributed by atoms with Crippen molar-refractivity contribution in [2.24, 2.45) is 0 Å². The van der Waals surface area contributed by atoms with E-state index in [1.807, 2.05) is 24.3 Å². The van der Waals surface area contributed by atoms with Crippen molar-refractivity contribution in [1.82, 2.24) is 9.97 Å². The van der Waals surface area contributed by atoms with Crippen LogP contribution in [0, 0.1) is 0 Å². The lowest BCUT2D eigenvalue weighted by molar-refractivity contribution is -0.129. The number of benzene rings is 2. The Morgan fingerprint density at radius 2 is 1.68 bits per heavy atom. The van der Waals surface area contributed by atoms with Crippen molar-refractivity contribution in [2.45, 2.75) is 30.2 Å². The minimum atomic E-state index is -0.390. The summed E-state index contributed by atoms with van der Waals surface area (Å²) in [6.07, 6.45) is 4.63. The van der Waals surface area contributed by atoms with Crippen LogP contribution in [0.3, 0.4) is 0 Å². The summed E-state index contributed by atoms with van der Waals surface area (Å²) in [6.45, 7) is 0. The van der Waals surface area contributed by atoms with Crippen LogP contribution in [-0.4, -0.2) is 27.7 Å². The number of anilines is 2. The van der Waals surface area contributed by atoms with E-state index < -0.39 is 5.91 Å². The van der Waals surface area contributed by atoms with Crippen LogP contribution in [0.4, 0.5) is 11.4 Å². The number of thioether (sulfide) groups is 1. The van der Waals surface area contributed by atoms with Crippen LogP contribution in [0.2, 0.25) is 0 Å². The Morgan fingerprint density at radius 1 is 0.971 bits per heavy atom. The molecule has 170 valence electrons. The number of carbonyl (C=O) groups excluding carboxylic acids is 3. The maximum Gasteiger partial charge on any atom is 0.291 e. The third-order valence-corrected chi connectivity index (χ3v) is 6.36. The van der Waals surface area contributed by atoms with E-state index in [9.17, 15) is 14.4 Å². The summed E-state index contributed by atoms with van der Waals surface area (Å²) in [5.74, 6) is -0.129. The lowest BCUT2D eigenvalue weighted by Crippen LogP contribution is -2.40. The Labute approximate surface area is 199 Å². The lowest BCUT2D eigenvalue weighted by Gasteiger charge is -2.24. The summed E-state index contributed by atoms with van der Waals surface area (Å²) < 4.78 is 5.90. The molecule has 0 atom stereocenters. The van der Waals surface area contributed by atoms with Crippen LogP contribution in [0.1, 0.15) is 35.4 Å². The average molecular weight is 473 g/mol. The quantitative estimate of drug-likeness (QED) is 0.244. The fourth-order valence-corrected chi connectivity index (χ4v) is 4.68. The molecule has 2 aromatic carbocycles. The van der Waals surface area contributed by atoms with Gasteiger partial charge in [-0.2, -0.15) is 0 Å². The van der Waals surface area contributed by atoms with Crippen LogP contribution >= 0.6 is 11.8 Å². The average Bonchev–Trinajstić information content (AvgIpc) is 3.23. The fourth-order valence-electron chi connectivity index (χ4n) is 3.85. The molecule has 2 aromatic heterocycles. The van der Waals surface area contributed by atoms with E-state index >= 15 is 0 Å². The number of rotatable bonds is 6. The second-order valence-corrected chi connectivity index (χ2v) is 8.65. The Hall–Kier alpha value is -3.98. The van der Waals surface area contributed by atoms with E-state index in [0.717, 1.165) is 10.9 Å². The number of nitrogens with zero attached hydrogens (tertiary/aromatic N) is 3. The summed E-state index contributed by atoms with van der Waals surface area (Å²) in [5.41, 5.74) is 2.40. The standard InChI is InChI=1S/C25H20N4O4S/c30-21-7-3-8-22(31)29(21)17-11-9-16(10-12-17)28-24(32)23-19(15-34-25-26-13-4-14-27-25)18-5-1-2-6-20(18)33-23/h1-2,4-6,9-14H,3,7-8,15H2,(H,28,32). The van der Waals surface area contributed by atoms with Crippen molar-refractivity contribution in [1.29, 1.82) is 0 Å². The number of para-hydroxylation sites is 1. The Kier molecular flexibility index (Phi) is 6.09. The normalized spacial score (nSPS) is 13.9. The highest BCUT2D eigenvalue weighted by Gasteiger charge is 2.27. The van der Waals surface area contributed by atoms with Crippen molar-refractivity contribution >= 4 is 51.8 Å². The zero-order valence-corrected chi connectivity index (χ0v) is 18.9. The maximum atomic E-state index is 13.1. The van der Waals surface area contributed by atoms with E-state index in [1.165, 1.54) is 16.7 Å². The second kappa shape index (κ2) is 9.48. The molecule has 3 amide bonds. The molecule has 1 saturated heterocycles. The summed E-state index contributed by atoms with van der Waals surface area (Å²) in [7, 11) is 0. The number of hydrogen-bond acceptors (Lipinski definition) is 7. The third kappa shape index (κ3) is 4.42. The molecule has 1 aliphatic heterocycles. The van der Waals surface area contributed by atoms with Crippen LogP contribution in [0.5, 0.6) is 0 Å². The fraction of sp³-hybridized carbons (Fsp3) is 0.160. The molecule has 0 aliphatic carbocycles. The van der Waals surface area contributed by atoms with E-state index in [0.29, 0.717) is 47.1 Å². The molecule has 0 bridgehead atoms. The SMILES string of the molecule is O=C(Nc1ccc(N2C(=O)CCCC2=O)cc1)c1oc2ccccc2c1CSc1ncccn1. The predicted molar refractivity (Wildman–Crippen MR) is 129 cm³/mol. The van der Waals surface area contributed by atoms with Crippen LogP contribution in [-0.2, 0) is 15.3 Å². The molecule has 0 unspecified atom stereocenters. The van der Waals surface area contributed by atoms with Gasteiger partial charge in [0.25, 0.3) is 5.91 Å². The summed E-state index contributed by atoms with van der Waals surface area (Å²) in [5, 5.41) is 4.31. The first-order valence-corrected chi connectivity index (χ1v) is 11.8. The molecule has 0 saturated carbocycles. The third-order valence-electron chi connectivity index (χ3n) is 5.46. The van der Waals surface area contributed by atoms with Crippen molar-refractivity contribution < 1.29 is 18.8 Å². The Balaban J connectivity index is 1.37. The van der Waals surface area contributed by atoms with Crippen molar-refractivity contribution in [3.8, 4) is 0 Å². The first kappa shape index (κ1) is 21.8. The number of carbonyl (C=O) groups is 3. The van der Waals surface area contributed by atoms with Crippen molar-refractivity contribution in [3.05, 3.63) is 78.3 Å². The Bertz CT molecular complexity index is 1350. The van der Waals surface area contributed by atoms with E-state index in [1.54, 1.807) is 42.7 Å². The molecule has 1 aliphatic rings. The van der Waals surface area contributed by atoms with E-state index in [2.05, 4.69) is 15.3 Å². The largest absolute Gasteiger partial charge is 0.451 e. The number of hydrogen-bond donors (Lipinski definition) is 1. The molecule has 3 heterocycles. The number of nitrogens with one attached hydrogen (secondary N) is 1. The molecule has 8 nitrogen and oxygen atoms in total. The zero-order chi connectivity index (χ0) is 23.5. The molecular weight excluding hydrogens is 452 g/mol. The van der Waals surface area contributed by atoms with Gasteiger partial charge in [0, 0.05) is 47.6 Å². The first-order valence-electron chi connectivity index (χ1n) is 10.8. The van der Waals surface area contributed by atoms with Crippen LogP contribution < -0.4 is 10.2 Å². The first-order chi connectivity index (χ1) is 16.6. The van der Waals surface area contributed by atoms with E-state index in [-0.39, 0.29) is 17.6 Å². The van der Waals surface area contributed by atoms with Crippen molar-refractivity contribution in [3.63, 3.8) is 0 Å². The molecular formula is C25H20N4O4S. The smallest absolute Gasteiger partial charge is 0.291 e. The zero-order valence-electron chi connectivity index (χ0n) is 18.1. The van der Waals surface area contributed by atoms with Gasteiger partial charge in [0.15, 0.2) is 10.9 Å². The monoisotopic (exact) mass is 472 g/mol. The molecule has 1 N–H and O–H groups in total. The minimum absolute atomic E-state index is 0.208. The number of piperidine rings is 1. The molecule has 4 aromatic rings. The number of aromatic nitrogens is 2. The van der Waals surface area contributed by atoms with Gasteiger partial charge in [-0.25, -0.2) is 9.97 Å². The van der Waals surface area contributed by atoms with Gasteiger partial charge in [0.2, 0.25) is 11.8 Å². The topological polar surface area (TPSA) is 105 Å². The van der Waals surface area contributed by atoms with Gasteiger partial charge in [-0.15, -0.1) is 0 Å². The maximum absolute atomic E-state index is 13.1. The predicted octanol–water partition coefficient (Wildman–Crippen LogP) is 4.81. The second-order valence-electron chi connectivity index (χ2n) is 7.70. The number of fused-ring (bicyclic) bond motifs is 1. The van der Waals surface area contributed by atoms with Gasteiger partial charge in [0.1, 0.15) is 5.58 Å². The molecule has 34 heavy (non-hydrogen) atoms. The number of amides is 3. The summed E-state index contributed by atoms with van der Waals surface area (Å²) in [6, 6.07) is 15.9. The molecule has 9 heteroatoms. The van der Waals surface area contributed by atoms with Gasteiger partial charge in [-0.1, -0.05) is 30.0 Å². The molecule has 0 spiro atoms. The van der Waals surface area contributed by atoms with Crippen LogP contribution in [0.25, 0.3) is 11.0 Å². The molecule has 0 radical (unpaired) electrons. The van der Waals surface area contributed by atoms with Crippen molar-refractivity contribution in [2.75, 3.05) is 10.2 Å². The van der Waals surface area contributed by atoms with Crippen LogP contribution in [0.15, 0.2) is 76.6 Å². The summed E-state index contributed by atoms with van der Waals surface area (Å²) >= 11 is 1.42. The highest BCUT2D eigenvalue weighted by molar-refractivity contribution is 7.98. The van der Waals surface area contributed by atoms with Gasteiger partial charge in [-0.05, 0) is 42.8 Å². The highest BCUT2D eigenvalue weighted by atomic mass is 32.2. The Morgan fingerprint density at radius 3 is 2.41 bits per heavy atom. The minimum Gasteiger partial charge on any atom is -0.451 e. The highest BCUT2D eigenvalue weighted by Crippen LogP contribution is 2.32. The van der Waals surface area contributed by atoms with E-state index in [4.69, 9.17) is 4.42 Å². The van der Waals surface area contributed by atoms with Gasteiger partial charge in [-0.3, -0.25) is 19.3 Å². The number of furan rings is 1. The van der Waals surface area contributed by atoms with Gasteiger partial charge >= 0.3 is 0 Å². The summed E-state index contributed by atoms with van der Waals surface area (Å²) in [4.78, 5) is 47.1. The molecule has 5 rings (SSSR count). The number of imide groups is 1. The van der Waals surface area contributed by atoms with Gasteiger partial charge < -0.3 is 9.73 Å².